The summed E-state index contributed by atoms with van der Waals surface area (Å²) in [5.74, 6) is 2.39. The zero-order valence-corrected chi connectivity index (χ0v) is 19.0. The van der Waals surface area contributed by atoms with Crippen LogP contribution in [0.2, 0.25) is 0 Å². The molecule has 2 amide bonds. The van der Waals surface area contributed by atoms with Gasteiger partial charge in [-0.15, -0.1) is 0 Å². The summed E-state index contributed by atoms with van der Waals surface area (Å²) in [7, 11) is 5.18. The fourth-order valence-corrected chi connectivity index (χ4v) is 5.17. The van der Waals surface area contributed by atoms with Crippen molar-refractivity contribution in [2.24, 2.45) is 0 Å². The summed E-state index contributed by atoms with van der Waals surface area (Å²) in [5.41, 5.74) is 0. The highest BCUT2D eigenvalue weighted by atomic mass is 33.1. The van der Waals surface area contributed by atoms with Crippen LogP contribution in [-0.2, 0) is 19.1 Å². The molecule has 1 aliphatic rings. The van der Waals surface area contributed by atoms with Gasteiger partial charge in [0, 0.05) is 57.4 Å². The molecule has 0 saturated carbocycles. The second kappa shape index (κ2) is 16.1. The summed E-state index contributed by atoms with van der Waals surface area (Å²) < 4.78 is 5.20. The van der Waals surface area contributed by atoms with E-state index in [0.717, 1.165) is 50.2 Å². The van der Waals surface area contributed by atoms with E-state index in [1.807, 2.05) is 11.8 Å². The first-order valence-electron chi connectivity index (χ1n) is 10.4. The molecule has 0 aromatic rings. The molecule has 162 valence electrons. The summed E-state index contributed by atoms with van der Waals surface area (Å²) in [6.07, 6.45) is 6.85. The van der Waals surface area contributed by atoms with Crippen molar-refractivity contribution < 1.29 is 19.1 Å². The molecule has 28 heavy (non-hydrogen) atoms. The van der Waals surface area contributed by atoms with E-state index in [9.17, 15) is 14.4 Å². The fourth-order valence-electron chi connectivity index (χ4n) is 3.18. The van der Waals surface area contributed by atoms with Gasteiger partial charge in [0.15, 0.2) is 0 Å². The molecule has 6 nitrogen and oxygen atoms in total. The van der Waals surface area contributed by atoms with E-state index in [1.165, 1.54) is 0 Å². The third kappa shape index (κ3) is 11.3. The van der Waals surface area contributed by atoms with Crippen LogP contribution in [-0.4, -0.2) is 66.9 Å². The Balaban J connectivity index is 1.93. The Morgan fingerprint density at radius 2 is 1.82 bits per heavy atom. The number of carbonyl (C=O) groups is 3. The Hall–Kier alpha value is -0.730. The zero-order valence-electron chi connectivity index (χ0n) is 17.4. The average molecular weight is 433 g/mol. The third-order valence-electron chi connectivity index (χ3n) is 4.77. The van der Waals surface area contributed by atoms with E-state index in [1.54, 1.807) is 28.7 Å². The SMILES string of the molecule is CCC(=O)CCCCC(=O)NCCSSCCCC(=O)N1CCCC1COC. The van der Waals surface area contributed by atoms with Gasteiger partial charge in [-0.25, -0.2) is 0 Å². The lowest BCUT2D eigenvalue weighted by atomic mass is 10.1. The Labute approximate surface area is 177 Å². The Morgan fingerprint density at radius 1 is 1.07 bits per heavy atom. The largest absolute Gasteiger partial charge is 0.383 e. The highest BCUT2D eigenvalue weighted by molar-refractivity contribution is 8.76. The minimum atomic E-state index is 0.0661. The van der Waals surface area contributed by atoms with Gasteiger partial charge in [-0.1, -0.05) is 28.5 Å². The molecule has 1 rings (SSSR count). The number of amides is 2. The molecule has 1 N–H and O–H groups in total. The molecule has 8 heteroatoms. The molecule has 0 aliphatic carbocycles. The van der Waals surface area contributed by atoms with Gasteiger partial charge in [-0.2, -0.15) is 0 Å². The van der Waals surface area contributed by atoms with Gasteiger partial charge in [0.2, 0.25) is 11.8 Å². The molecule has 0 radical (unpaired) electrons. The molecule has 0 spiro atoms. The number of unbranched alkanes of at least 4 members (excludes halogenated alkanes) is 1. The molecular formula is C20H36N2O4S2. The Morgan fingerprint density at radius 3 is 2.57 bits per heavy atom. The predicted molar refractivity (Wildman–Crippen MR) is 118 cm³/mol. The van der Waals surface area contributed by atoms with Crippen molar-refractivity contribution in [3.63, 3.8) is 0 Å². The van der Waals surface area contributed by atoms with Crippen molar-refractivity contribution in [3.05, 3.63) is 0 Å². The predicted octanol–water partition coefficient (Wildman–Crippen LogP) is 3.44. The quantitative estimate of drug-likeness (QED) is 0.297. The number of ether oxygens (including phenoxy) is 1. The van der Waals surface area contributed by atoms with Crippen LogP contribution in [0.25, 0.3) is 0 Å². The smallest absolute Gasteiger partial charge is 0.222 e. The van der Waals surface area contributed by atoms with Crippen LogP contribution in [0.3, 0.4) is 0 Å². The lowest BCUT2D eigenvalue weighted by Gasteiger charge is -2.24. The van der Waals surface area contributed by atoms with E-state index >= 15 is 0 Å². The molecular weight excluding hydrogens is 396 g/mol. The number of nitrogens with one attached hydrogen (secondary N) is 1. The van der Waals surface area contributed by atoms with Crippen molar-refractivity contribution in [1.82, 2.24) is 10.2 Å². The normalized spacial score (nSPS) is 16.4. The molecule has 1 unspecified atom stereocenters. The number of carbonyl (C=O) groups excluding carboxylic acids is 3. The number of methoxy groups -OCH3 is 1. The number of hydrogen-bond acceptors (Lipinski definition) is 6. The van der Waals surface area contributed by atoms with Crippen molar-refractivity contribution in [2.45, 2.75) is 70.8 Å². The molecule has 1 heterocycles. The van der Waals surface area contributed by atoms with Crippen molar-refractivity contribution >= 4 is 39.2 Å². The molecule has 0 aromatic carbocycles. The Bertz CT molecular complexity index is 477. The molecule has 1 aliphatic heterocycles. The third-order valence-corrected chi connectivity index (χ3v) is 7.26. The van der Waals surface area contributed by atoms with Crippen LogP contribution in [0.1, 0.15) is 64.7 Å². The van der Waals surface area contributed by atoms with Crippen LogP contribution in [0.15, 0.2) is 0 Å². The van der Waals surface area contributed by atoms with Crippen LogP contribution < -0.4 is 5.32 Å². The van der Waals surface area contributed by atoms with Gasteiger partial charge < -0.3 is 15.0 Å². The summed E-state index contributed by atoms with van der Waals surface area (Å²) in [4.78, 5) is 37.2. The minimum absolute atomic E-state index is 0.0661. The number of nitrogens with zero attached hydrogens (tertiary/aromatic N) is 1. The van der Waals surface area contributed by atoms with Gasteiger partial charge in [-0.05, 0) is 32.1 Å². The maximum absolute atomic E-state index is 12.3. The van der Waals surface area contributed by atoms with Crippen molar-refractivity contribution in [1.29, 1.82) is 0 Å². The molecule has 1 saturated heterocycles. The van der Waals surface area contributed by atoms with E-state index < -0.39 is 0 Å². The fraction of sp³-hybridized carbons (Fsp3) is 0.850. The average Bonchev–Trinajstić information content (AvgIpc) is 3.15. The van der Waals surface area contributed by atoms with Crippen LogP contribution in [0.4, 0.5) is 0 Å². The van der Waals surface area contributed by atoms with E-state index in [4.69, 9.17) is 4.74 Å². The molecule has 0 bridgehead atoms. The number of hydrogen-bond donors (Lipinski definition) is 1. The molecule has 0 aromatic heterocycles. The standard InChI is InChI=1S/C20H36N2O4S2/c1-3-18(23)9-4-5-10-19(24)21-12-15-28-27-14-7-11-20(25)22-13-6-8-17(22)16-26-2/h17H,3-16H2,1-2H3,(H,21,24). The van der Waals surface area contributed by atoms with E-state index in [2.05, 4.69) is 5.32 Å². The summed E-state index contributed by atoms with van der Waals surface area (Å²) >= 11 is 0. The van der Waals surface area contributed by atoms with Crippen molar-refractivity contribution in [2.75, 3.05) is 38.3 Å². The van der Waals surface area contributed by atoms with Crippen molar-refractivity contribution in [3.8, 4) is 0 Å². The number of ketones is 1. The van der Waals surface area contributed by atoms with Gasteiger partial charge in [-0.3, -0.25) is 14.4 Å². The lowest BCUT2D eigenvalue weighted by Crippen LogP contribution is -2.38. The molecule has 1 fully saturated rings. The second-order valence-corrected chi connectivity index (χ2v) is 9.74. The number of Topliss-reactive ketones (excluding diaryl/α,β-unsaturated/α-hetero) is 1. The van der Waals surface area contributed by atoms with Crippen LogP contribution in [0.5, 0.6) is 0 Å². The lowest BCUT2D eigenvalue weighted by molar-refractivity contribution is -0.133. The maximum Gasteiger partial charge on any atom is 0.222 e. The number of likely N-dealkylation sites (tertiary alicyclic amines) is 1. The maximum atomic E-state index is 12.3. The summed E-state index contributed by atoms with van der Waals surface area (Å²) in [5, 5.41) is 2.92. The topological polar surface area (TPSA) is 75.7 Å². The van der Waals surface area contributed by atoms with Crippen LogP contribution in [0, 0.1) is 0 Å². The van der Waals surface area contributed by atoms with E-state index in [-0.39, 0.29) is 23.6 Å². The highest BCUT2D eigenvalue weighted by Gasteiger charge is 2.27. The first kappa shape index (κ1) is 25.3. The van der Waals surface area contributed by atoms with Gasteiger partial charge in [0.1, 0.15) is 5.78 Å². The van der Waals surface area contributed by atoms with Crippen LogP contribution >= 0.6 is 21.6 Å². The summed E-state index contributed by atoms with van der Waals surface area (Å²) in [6.45, 7) is 4.03. The Kier molecular flexibility index (Phi) is 14.6. The minimum Gasteiger partial charge on any atom is -0.383 e. The first-order chi connectivity index (χ1) is 13.6. The first-order valence-corrected chi connectivity index (χ1v) is 12.9. The highest BCUT2D eigenvalue weighted by Crippen LogP contribution is 2.23. The van der Waals surface area contributed by atoms with E-state index in [0.29, 0.717) is 38.8 Å². The van der Waals surface area contributed by atoms with Gasteiger partial charge in [0.05, 0.1) is 12.6 Å². The summed E-state index contributed by atoms with van der Waals surface area (Å²) in [6, 6.07) is 0.260. The zero-order chi connectivity index (χ0) is 20.6. The molecule has 1 atom stereocenters. The monoisotopic (exact) mass is 432 g/mol. The van der Waals surface area contributed by atoms with Gasteiger partial charge in [0.25, 0.3) is 0 Å². The second-order valence-electron chi connectivity index (χ2n) is 7.04. The van der Waals surface area contributed by atoms with Gasteiger partial charge >= 0.3 is 0 Å². The number of rotatable bonds is 16.